The zero-order valence-electron chi connectivity index (χ0n) is 15.1. The van der Waals surface area contributed by atoms with E-state index in [4.69, 9.17) is 4.74 Å². The molecule has 1 aromatic heterocycles. The van der Waals surface area contributed by atoms with Gasteiger partial charge in [-0.1, -0.05) is 55.9 Å². The van der Waals surface area contributed by atoms with E-state index in [2.05, 4.69) is 23.8 Å². The van der Waals surface area contributed by atoms with Crippen LogP contribution in [0.25, 0.3) is 0 Å². The Balaban J connectivity index is 1.83. The Hall–Kier alpha value is -2.40. The molecule has 0 unspecified atom stereocenters. The lowest BCUT2D eigenvalue weighted by Crippen LogP contribution is -2.00. The van der Waals surface area contributed by atoms with Gasteiger partial charge in [0.05, 0.1) is 5.69 Å². The second-order valence-electron chi connectivity index (χ2n) is 6.37. The van der Waals surface area contributed by atoms with Crippen molar-refractivity contribution < 1.29 is 9.13 Å². The van der Waals surface area contributed by atoms with Crippen LogP contribution >= 0.6 is 11.8 Å². The summed E-state index contributed by atoms with van der Waals surface area (Å²) in [4.78, 5) is 9.08. The highest BCUT2D eigenvalue weighted by atomic mass is 32.2. The molecule has 3 aromatic rings. The predicted molar refractivity (Wildman–Crippen MR) is 103 cm³/mol. The molecule has 0 fully saturated rings. The molecular weight excluding hydrogens is 347 g/mol. The first-order valence-corrected chi connectivity index (χ1v) is 9.49. The fourth-order valence-corrected chi connectivity index (χ4v) is 3.23. The highest BCUT2D eigenvalue weighted by Gasteiger charge is 2.11. The van der Waals surface area contributed by atoms with Gasteiger partial charge in [0.15, 0.2) is 5.16 Å². The van der Waals surface area contributed by atoms with E-state index in [0.717, 1.165) is 17.0 Å². The van der Waals surface area contributed by atoms with Crippen molar-refractivity contribution in [1.29, 1.82) is 0 Å². The van der Waals surface area contributed by atoms with Crippen LogP contribution in [0.2, 0.25) is 0 Å². The van der Waals surface area contributed by atoms with Gasteiger partial charge in [0, 0.05) is 11.8 Å². The highest BCUT2D eigenvalue weighted by molar-refractivity contribution is 7.98. The summed E-state index contributed by atoms with van der Waals surface area (Å²) < 4.78 is 19.8. The molecule has 26 heavy (non-hydrogen) atoms. The van der Waals surface area contributed by atoms with Crippen molar-refractivity contribution in [1.82, 2.24) is 9.97 Å². The van der Waals surface area contributed by atoms with Gasteiger partial charge in [0.2, 0.25) is 5.88 Å². The summed E-state index contributed by atoms with van der Waals surface area (Å²) in [6.07, 6.45) is 0. The molecule has 0 saturated carbocycles. The monoisotopic (exact) mass is 368 g/mol. The molecule has 1 heterocycles. The standard InChI is InChI=1S/C21H21FN2OS/c1-14(2)19-12-20(25-17-9-6-7-15(3)11-17)24-21(23-19)26-13-16-8-4-5-10-18(16)22/h4-12,14H,13H2,1-3H3. The van der Waals surface area contributed by atoms with E-state index in [1.807, 2.05) is 43.3 Å². The van der Waals surface area contributed by atoms with Crippen LogP contribution in [0.4, 0.5) is 4.39 Å². The Kier molecular flexibility index (Phi) is 5.89. The number of halogens is 1. The largest absolute Gasteiger partial charge is 0.439 e. The predicted octanol–water partition coefficient (Wildman–Crippen LogP) is 6.13. The summed E-state index contributed by atoms with van der Waals surface area (Å²) in [6, 6.07) is 16.4. The van der Waals surface area contributed by atoms with Crippen LogP contribution in [0.15, 0.2) is 59.8 Å². The van der Waals surface area contributed by atoms with Crippen molar-refractivity contribution >= 4 is 11.8 Å². The van der Waals surface area contributed by atoms with Crippen molar-refractivity contribution in [3.05, 3.63) is 77.2 Å². The Bertz CT molecular complexity index is 899. The molecular formula is C21H21FN2OS. The maximum Gasteiger partial charge on any atom is 0.223 e. The van der Waals surface area contributed by atoms with E-state index in [1.165, 1.54) is 17.8 Å². The molecule has 0 N–H and O–H groups in total. The molecule has 0 aliphatic carbocycles. The number of thioether (sulfide) groups is 1. The molecule has 0 amide bonds. The van der Waals surface area contributed by atoms with Crippen molar-refractivity contribution in [3.63, 3.8) is 0 Å². The number of hydrogen-bond donors (Lipinski definition) is 0. The summed E-state index contributed by atoms with van der Waals surface area (Å²) in [7, 11) is 0. The topological polar surface area (TPSA) is 35.0 Å². The number of ether oxygens (including phenoxy) is 1. The van der Waals surface area contributed by atoms with Gasteiger partial charge in [-0.05, 0) is 42.2 Å². The lowest BCUT2D eigenvalue weighted by Gasteiger charge is -2.11. The van der Waals surface area contributed by atoms with Gasteiger partial charge in [-0.15, -0.1) is 0 Å². The fraction of sp³-hybridized carbons (Fsp3) is 0.238. The first-order chi connectivity index (χ1) is 12.5. The molecule has 0 bridgehead atoms. The Labute approximate surface area is 157 Å². The maximum absolute atomic E-state index is 13.8. The molecule has 3 rings (SSSR count). The van der Waals surface area contributed by atoms with Gasteiger partial charge in [0.1, 0.15) is 11.6 Å². The third-order valence-corrected chi connectivity index (χ3v) is 4.72. The van der Waals surface area contributed by atoms with Crippen LogP contribution in [0.3, 0.4) is 0 Å². The van der Waals surface area contributed by atoms with Crippen molar-refractivity contribution in [2.75, 3.05) is 0 Å². The number of rotatable bonds is 6. The third-order valence-electron chi connectivity index (χ3n) is 3.82. The molecule has 0 radical (unpaired) electrons. The van der Waals surface area contributed by atoms with Crippen molar-refractivity contribution in [2.45, 2.75) is 37.6 Å². The number of nitrogens with zero attached hydrogens (tertiary/aromatic N) is 2. The maximum atomic E-state index is 13.8. The lowest BCUT2D eigenvalue weighted by molar-refractivity contribution is 0.452. The summed E-state index contributed by atoms with van der Waals surface area (Å²) >= 11 is 1.40. The van der Waals surface area contributed by atoms with E-state index in [-0.39, 0.29) is 11.7 Å². The molecule has 0 aliphatic rings. The first-order valence-electron chi connectivity index (χ1n) is 8.51. The Morgan fingerprint density at radius 3 is 2.58 bits per heavy atom. The molecule has 0 spiro atoms. The summed E-state index contributed by atoms with van der Waals surface area (Å²) in [5, 5.41) is 0.585. The van der Waals surface area contributed by atoms with Crippen molar-refractivity contribution in [2.24, 2.45) is 0 Å². The minimum absolute atomic E-state index is 0.212. The van der Waals surface area contributed by atoms with Crippen LogP contribution in [-0.4, -0.2) is 9.97 Å². The van der Waals surface area contributed by atoms with Gasteiger partial charge in [-0.25, -0.2) is 9.37 Å². The van der Waals surface area contributed by atoms with Crippen LogP contribution in [0, 0.1) is 12.7 Å². The lowest BCUT2D eigenvalue weighted by atomic mass is 10.1. The molecule has 134 valence electrons. The van der Waals surface area contributed by atoms with Gasteiger partial charge in [0.25, 0.3) is 0 Å². The second-order valence-corrected chi connectivity index (χ2v) is 7.31. The fourth-order valence-electron chi connectivity index (χ4n) is 2.39. The van der Waals surface area contributed by atoms with Gasteiger partial charge < -0.3 is 4.74 Å². The van der Waals surface area contributed by atoms with Gasteiger partial charge in [-0.2, -0.15) is 4.98 Å². The number of benzene rings is 2. The molecule has 0 aliphatic heterocycles. The smallest absolute Gasteiger partial charge is 0.223 e. The van der Waals surface area contributed by atoms with Crippen molar-refractivity contribution in [3.8, 4) is 11.6 Å². The number of aryl methyl sites for hydroxylation is 1. The normalized spacial score (nSPS) is 11.0. The summed E-state index contributed by atoms with van der Waals surface area (Å²) in [6.45, 7) is 6.16. The van der Waals surface area contributed by atoms with Crippen LogP contribution < -0.4 is 4.74 Å². The molecule has 5 heteroatoms. The average Bonchev–Trinajstić information content (AvgIpc) is 2.61. The van der Waals surface area contributed by atoms with Crippen LogP contribution in [-0.2, 0) is 5.75 Å². The molecule has 2 aromatic carbocycles. The van der Waals surface area contributed by atoms with Gasteiger partial charge >= 0.3 is 0 Å². The zero-order valence-corrected chi connectivity index (χ0v) is 15.9. The number of hydrogen-bond acceptors (Lipinski definition) is 4. The minimum Gasteiger partial charge on any atom is -0.439 e. The van der Waals surface area contributed by atoms with E-state index in [0.29, 0.717) is 22.4 Å². The molecule has 0 atom stereocenters. The zero-order chi connectivity index (χ0) is 18.5. The third kappa shape index (κ3) is 4.82. The number of aromatic nitrogens is 2. The first kappa shape index (κ1) is 18.4. The Morgan fingerprint density at radius 1 is 1.04 bits per heavy atom. The quantitative estimate of drug-likeness (QED) is 0.387. The average molecular weight is 368 g/mol. The van der Waals surface area contributed by atoms with E-state index in [1.54, 1.807) is 12.1 Å². The highest BCUT2D eigenvalue weighted by Crippen LogP contribution is 2.28. The molecule has 0 saturated heterocycles. The Morgan fingerprint density at radius 2 is 1.85 bits per heavy atom. The SMILES string of the molecule is Cc1cccc(Oc2cc(C(C)C)nc(SCc3ccccc3F)n2)c1. The summed E-state index contributed by atoms with van der Waals surface area (Å²) in [5.41, 5.74) is 2.66. The van der Waals surface area contributed by atoms with E-state index in [9.17, 15) is 4.39 Å². The second kappa shape index (κ2) is 8.32. The molecule has 3 nitrogen and oxygen atoms in total. The van der Waals surface area contributed by atoms with E-state index >= 15 is 0 Å². The van der Waals surface area contributed by atoms with Crippen LogP contribution in [0.5, 0.6) is 11.6 Å². The van der Waals surface area contributed by atoms with Gasteiger partial charge in [-0.3, -0.25) is 0 Å². The summed E-state index contributed by atoms with van der Waals surface area (Å²) in [5.74, 6) is 1.74. The van der Waals surface area contributed by atoms with E-state index < -0.39 is 0 Å². The minimum atomic E-state index is -0.212. The van der Waals surface area contributed by atoms with Crippen LogP contribution in [0.1, 0.15) is 36.6 Å².